The van der Waals surface area contributed by atoms with Gasteiger partial charge < -0.3 is 4.90 Å². The molecule has 0 aromatic carbocycles. The van der Waals surface area contributed by atoms with Crippen molar-refractivity contribution in [3.63, 3.8) is 0 Å². The SMILES string of the molecule is CC1CCN(C(=O)c2cc(S)cs2)C1. The first kappa shape index (κ1) is 10.1. The number of nitrogens with zero attached hydrogens (tertiary/aromatic N) is 1. The first-order valence-electron chi connectivity index (χ1n) is 4.73. The summed E-state index contributed by atoms with van der Waals surface area (Å²) in [5.74, 6) is 0.814. The fourth-order valence-corrected chi connectivity index (χ4v) is 2.83. The maximum absolute atomic E-state index is 11.9. The molecule has 1 aromatic heterocycles. The summed E-state index contributed by atoms with van der Waals surface area (Å²) < 4.78 is 0. The molecule has 76 valence electrons. The third-order valence-corrected chi connectivity index (χ3v) is 3.86. The zero-order valence-electron chi connectivity index (χ0n) is 8.06. The maximum atomic E-state index is 11.9. The van der Waals surface area contributed by atoms with Gasteiger partial charge in [0.25, 0.3) is 5.91 Å². The van der Waals surface area contributed by atoms with Crippen LogP contribution in [0.25, 0.3) is 0 Å². The molecule has 2 rings (SSSR count). The average molecular weight is 227 g/mol. The zero-order chi connectivity index (χ0) is 10.1. The van der Waals surface area contributed by atoms with Crippen molar-refractivity contribution in [3.05, 3.63) is 16.3 Å². The first-order valence-corrected chi connectivity index (χ1v) is 6.06. The highest BCUT2D eigenvalue weighted by atomic mass is 32.1. The minimum Gasteiger partial charge on any atom is -0.338 e. The van der Waals surface area contributed by atoms with E-state index >= 15 is 0 Å². The van der Waals surface area contributed by atoms with E-state index in [2.05, 4.69) is 19.6 Å². The number of carbonyl (C=O) groups is 1. The van der Waals surface area contributed by atoms with Gasteiger partial charge >= 0.3 is 0 Å². The summed E-state index contributed by atoms with van der Waals surface area (Å²) in [5.41, 5.74) is 0. The Hall–Kier alpha value is -0.480. The summed E-state index contributed by atoms with van der Waals surface area (Å²) in [6.45, 7) is 3.99. The summed E-state index contributed by atoms with van der Waals surface area (Å²) in [5, 5.41) is 1.90. The molecule has 0 saturated carbocycles. The molecule has 4 heteroatoms. The Morgan fingerprint density at radius 3 is 3.00 bits per heavy atom. The third-order valence-electron chi connectivity index (χ3n) is 2.51. The van der Waals surface area contributed by atoms with Crippen molar-refractivity contribution in [3.8, 4) is 0 Å². The normalized spacial score (nSPS) is 21.6. The van der Waals surface area contributed by atoms with Gasteiger partial charge in [0, 0.05) is 23.4 Å². The largest absolute Gasteiger partial charge is 0.338 e. The van der Waals surface area contributed by atoms with Crippen LogP contribution in [0.1, 0.15) is 23.0 Å². The van der Waals surface area contributed by atoms with Crippen LogP contribution in [0, 0.1) is 5.92 Å². The molecule has 0 aliphatic carbocycles. The van der Waals surface area contributed by atoms with E-state index in [9.17, 15) is 4.79 Å². The fraction of sp³-hybridized carbons (Fsp3) is 0.500. The lowest BCUT2D eigenvalue weighted by Crippen LogP contribution is -2.27. The van der Waals surface area contributed by atoms with Crippen LogP contribution in [-0.4, -0.2) is 23.9 Å². The molecule has 1 amide bonds. The topological polar surface area (TPSA) is 20.3 Å². The van der Waals surface area contributed by atoms with Crippen molar-refractivity contribution in [2.24, 2.45) is 5.92 Å². The van der Waals surface area contributed by atoms with E-state index in [0.29, 0.717) is 5.92 Å². The predicted molar refractivity (Wildman–Crippen MR) is 61.3 cm³/mol. The molecule has 0 N–H and O–H groups in total. The standard InChI is InChI=1S/C10H13NOS2/c1-7-2-3-11(5-7)10(12)9-4-8(13)6-14-9/h4,6-7,13H,2-3,5H2,1H3. The van der Waals surface area contributed by atoms with Crippen LogP contribution in [0.3, 0.4) is 0 Å². The molecule has 1 atom stereocenters. The monoisotopic (exact) mass is 227 g/mol. The molecular weight excluding hydrogens is 214 g/mol. The highest BCUT2D eigenvalue weighted by Gasteiger charge is 2.24. The molecule has 0 bridgehead atoms. The number of carbonyl (C=O) groups excluding carboxylic acids is 1. The molecule has 2 heterocycles. The van der Waals surface area contributed by atoms with Gasteiger partial charge in [-0.15, -0.1) is 24.0 Å². The molecule has 1 aromatic rings. The molecule has 1 aliphatic heterocycles. The zero-order valence-corrected chi connectivity index (χ0v) is 9.78. The van der Waals surface area contributed by atoms with E-state index in [4.69, 9.17) is 0 Å². The average Bonchev–Trinajstić information content (AvgIpc) is 2.73. The predicted octanol–water partition coefficient (Wildman–Crippen LogP) is 2.52. The van der Waals surface area contributed by atoms with E-state index in [1.54, 1.807) is 0 Å². The van der Waals surface area contributed by atoms with Crippen molar-refractivity contribution in [2.75, 3.05) is 13.1 Å². The van der Waals surface area contributed by atoms with Gasteiger partial charge in [0.2, 0.25) is 0 Å². The van der Waals surface area contributed by atoms with Crippen LogP contribution >= 0.6 is 24.0 Å². The maximum Gasteiger partial charge on any atom is 0.263 e. The Morgan fingerprint density at radius 1 is 1.71 bits per heavy atom. The van der Waals surface area contributed by atoms with Crippen molar-refractivity contribution in [1.29, 1.82) is 0 Å². The van der Waals surface area contributed by atoms with Crippen molar-refractivity contribution in [2.45, 2.75) is 18.2 Å². The second-order valence-corrected chi connectivity index (χ2v) is 5.24. The Labute approximate surface area is 93.3 Å². The highest BCUT2D eigenvalue weighted by Crippen LogP contribution is 2.23. The number of amides is 1. The van der Waals surface area contributed by atoms with Crippen LogP contribution in [0.2, 0.25) is 0 Å². The molecular formula is C10H13NOS2. The van der Waals surface area contributed by atoms with Crippen molar-refractivity contribution < 1.29 is 4.79 Å². The summed E-state index contributed by atoms with van der Waals surface area (Å²) in [6.07, 6.45) is 1.13. The van der Waals surface area contributed by atoms with E-state index in [1.807, 2.05) is 16.3 Å². The molecule has 1 fully saturated rings. The number of hydrogen-bond acceptors (Lipinski definition) is 3. The van der Waals surface area contributed by atoms with Crippen LogP contribution in [0.5, 0.6) is 0 Å². The smallest absolute Gasteiger partial charge is 0.263 e. The highest BCUT2D eigenvalue weighted by molar-refractivity contribution is 7.80. The molecule has 0 spiro atoms. The van der Waals surface area contributed by atoms with E-state index in [-0.39, 0.29) is 5.91 Å². The Morgan fingerprint density at radius 2 is 2.50 bits per heavy atom. The Balaban J connectivity index is 2.09. The fourth-order valence-electron chi connectivity index (χ4n) is 1.71. The van der Waals surface area contributed by atoms with Crippen LogP contribution in [-0.2, 0) is 0 Å². The second-order valence-electron chi connectivity index (χ2n) is 3.81. The number of hydrogen-bond donors (Lipinski definition) is 1. The number of thiol groups is 1. The number of likely N-dealkylation sites (tertiary alicyclic amines) is 1. The molecule has 14 heavy (non-hydrogen) atoms. The summed E-state index contributed by atoms with van der Waals surface area (Å²) >= 11 is 5.68. The molecule has 1 unspecified atom stereocenters. The lowest BCUT2D eigenvalue weighted by Gasteiger charge is -2.14. The third kappa shape index (κ3) is 1.96. The summed E-state index contributed by atoms with van der Waals surface area (Å²) in [6, 6.07) is 1.85. The van der Waals surface area contributed by atoms with Gasteiger partial charge in [-0.1, -0.05) is 6.92 Å². The first-order chi connectivity index (χ1) is 6.66. The van der Waals surface area contributed by atoms with Gasteiger partial charge in [-0.05, 0) is 18.4 Å². The van der Waals surface area contributed by atoms with Crippen molar-refractivity contribution >= 4 is 29.9 Å². The van der Waals surface area contributed by atoms with Gasteiger partial charge in [0.05, 0.1) is 4.88 Å². The number of rotatable bonds is 1. The summed E-state index contributed by atoms with van der Waals surface area (Å²) in [4.78, 5) is 15.5. The second kappa shape index (κ2) is 3.95. The minimum absolute atomic E-state index is 0.166. The quantitative estimate of drug-likeness (QED) is 0.731. The minimum atomic E-state index is 0.166. The van der Waals surface area contributed by atoms with Gasteiger partial charge in [-0.25, -0.2) is 0 Å². The Bertz CT molecular complexity index is 348. The van der Waals surface area contributed by atoms with E-state index in [0.717, 1.165) is 29.3 Å². The molecule has 1 aliphatic rings. The Kier molecular flexibility index (Phi) is 2.83. The van der Waals surface area contributed by atoms with Crippen LogP contribution in [0.15, 0.2) is 16.3 Å². The van der Waals surface area contributed by atoms with Crippen LogP contribution < -0.4 is 0 Å². The van der Waals surface area contributed by atoms with Crippen molar-refractivity contribution in [1.82, 2.24) is 4.90 Å². The van der Waals surface area contributed by atoms with Gasteiger partial charge in [-0.2, -0.15) is 0 Å². The van der Waals surface area contributed by atoms with Crippen LogP contribution in [0.4, 0.5) is 0 Å². The van der Waals surface area contributed by atoms with E-state index in [1.165, 1.54) is 11.3 Å². The molecule has 2 nitrogen and oxygen atoms in total. The van der Waals surface area contributed by atoms with Gasteiger partial charge in [0.15, 0.2) is 0 Å². The molecule has 1 saturated heterocycles. The molecule has 0 radical (unpaired) electrons. The van der Waals surface area contributed by atoms with Gasteiger partial charge in [-0.3, -0.25) is 4.79 Å². The lowest BCUT2D eigenvalue weighted by molar-refractivity contribution is 0.0792. The van der Waals surface area contributed by atoms with E-state index < -0.39 is 0 Å². The number of thiophene rings is 1. The summed E-state index contributed by atoms with van der Waals surface area (Å²) in [7, 11) is 0. The lowest BCUT2D eigenvalue weighted by atomic mass is 10.2. The van der Waals surface area contributed by atoms with Gasteiger partial charge in [0.1, 0.15) is 0 Å².